The van der Waals surface area contributed by atoms with Gasteiger partial charge in [0.05, 0.1) is 18.5 Å². The van der Waals surface area contributed by atoms with Crippen molar-refractivity contribution in [2.24, 2.45) is 0 Å². The van der Waals surface area contributed by atoms with Gasteiger partial charge in [-0.2, -0.15) is 5.10 Å². The van der Waals surface area contributed by atoms with Crippen molar-refractivity contribution in [2.75, 3.05) is 26.5 Å². The zero-order chi connectivity index (χ0) is 20.8. The Morgan fingerprint density at radius 3 is 2.68 bits per heavy atom. The van der Waals surface area contributed by atoms with Gasteiger partial charge in [-0.05, 0) is 25.0 Å². The first-order chi connectivity index (χ1) is 13.3. The van der Waals surface area contributed by atoms with Crippen molar-refractivity contribution >= 4 is 33.4 Å². The number of carboxylic acid groups (broad SMARTS) is 1. The molecular formula is C16H23N5O6S. The lowest BCUT2D eigenvalue weighted by Crippen LogP contribution is -2.55. The maximum Gasteiger partial charge on any atom is 0.290 e. The zero-order valence-electron chi connectivity index (χ0n) is 15.6. The van der Waals surface area contributed by atoms with Gasteiger partial charge >= 0.3 is 0 Å². The number of hydrogen-bond donors (Lipinski definition) is 3. The number of nitrogens with one attached hydrogen (secondary N) is 2. The number of fused-ring (bicyclic) bond motifs is 1. The number of carbonyl (C=O) groups excluding carboxylic acids is 1. The Hall–Kier alpha value is -2.57. The van der Waals surface area contributed by atoms with Gasteiger partial charge in [-0.1, -0.05) is 0 Å². The molecule has 0 aliphatic carbocycles. The smallest absolute Gasteiger partial charge is 0.290 e. The van der Waals surface area contributed by atoms with Crippen LogP contribution in [0.3, 0.4) is 0 Å². The molecule has 0 radical (unpaired) electrons. The number of pyridine rings is 1. The summed E-state index contributed by atoms with van der Waals surface area (Å²) in [5.41, 5.74) is 0.334. The van der Waals surface area contributed by atoms with Crippen molar-refractivity contribution in [3.8, 4) is 0 Å². The number of rotatable bonds is 5. The van der Waals surface area contributed by atoms with Gasteiger partial charge in [-0.25, -0.2) is 17.7 Å². The summed E-state index contributed by atoms with van der Waals surface area (Å²) >= 11 is 0. The summed E-state index contributed by atoms with van der Waals surface area (Å²) in [6.07, 6.45) is 3.45. The Labute approximate surface area is 162 Å². The Kier molecular flexibility index (Phi) is 7.05. The Morgan fingerprint density at radius 2 is 2.11 bits per heavy atom. The number of amides is 1. The molecule has 12 heteroatoms. The normalized spacial score (nSPS) is 16.8. The molecule has 1 saturated heterocycles. The van der Waals surface area contributed by atoms with Crippen LogP contribution in [0.15, 0.2) is 18.3 Å². The lowest BCUT2D eigenvalue weighted by atomic mass is 9.91. The third-order valence-corrected chi connectivity index (χ3v) is 5.94. The summed E-state index contributed by atoms with van der Waals surface area (Å²) in [4.78, 5) is 25.2. The minimum absolute atomic E-state index is 0.250. The van der Waals surface area contributed by atoms with Crippen LogP contribution in [-0.2, 0) is 30.9 Å². The van der Waals surface area contributed by atoms with Gasteiger partial charge < -0.3 is 15.2 Å². The van der Waals surface area contributed by atoms with Crippen LogP contribution < -0.4 is 5.32 Å². The van der Waals surface area contributed by atoms with E-state index in [1.165, 1.54) is 17.7 Å². The van der Waals surface area contributed by atoms with Crippen LogP contribution >= 0.6 is 0 Å². The van der Waals surface area contributed by atoms with Crippen molar-refractivity contribution in [2.45, 2.75) is 25.0 Å². The standard InChI is InChI=1S/C15H21N5O4S.CH2O2/c1-24-15(5-8-20(9-6-15)25(2,22)23)14(21)17-10-12-11-4-3-7-16-13(11)19-18-12;2-1-3/h3-4,7H,5-6,8-10H2,1-2H3,(H,17,21)(H,16,18,19);1H,(H,2,3). The number of aromatic nitrogens is 3. The molecule has 3 rings (SSSR count). The number of nitrogens with zero attached hydrogens (tertiary/aromatic N) is 3. The molecule has 3 heterocycles. The molecule has 1 fully saturated rings. The summed E-state index contributed by atoms with van der Waals surface area (Å²) in [5.74, 6) is -0.255. The van der Waals surface area contributed by atoms with E-state index < -0.39 is 15.6 Å². The first-order valence-corrected chi connectivity index (χ1v) is 10.3. The SMILES string of the molecule is COC1(C(=O)NCc2[nH]nc3ncccc23)CCN(S(C)(=O)=O)CC1.O=CO. The van der Waals surface area contributed by atoms with Gasteiger partial charge in [0, 0.05) is 31.8 Å². The van der Waals surface area contributed by atoms with Crippen LogP contribution in [0.25, 0.3) is 11.0 Å². The molecule has 1 amide bonds. The van der Waals surface area contributed by atoms with Crippen molar-refractivity contribution in [3.05, 3.63) is 24.0 Å². The van der Waals surface area contributed by atoms with Gasteiger partial charge in [-0.3, -0.25) is 14.7 Å². The second-order valence-electron chi connectivity index (χ2n) is 6.23. The quantitative estimate of drug-likeness (QED) is 0.565. The minimum Gasteiger partial charge on any atom is -0.483 e. The molecule has 28 heavy (non-hydrogen) atoms. The van der Waals surface area contributed by atoms with E-state index in [4.69, 9.17) is 14.6 Å². The largest absolute Gasteiger partial charge is 0.483 e. The number of piperidine rings is 1. The minimum atomic E-state index is -3.26. The fraction of sp³-hybridized carbons (Fsp3) is 0.500. The van der Waals surface area contributed by atoms with Crippen LogP contribution in [-0.4, -0.2) is 77.4 Å². The summed E-state index contributed by atoms with van der Waals surface area (Å²) in [6, 6.07) is 3.69. The van der Waals surface area contributed by atoms with Gasteiger partial charge in [-0.15, -0.1) is 0 Å². The molecule has 0 aromatic carbocycles. The summed E-state index contributed by atoms with van der Waals surface area (Å²) in [7, 11) is -1.78. The average molecular weight is 413 g/mol. The van der Waals surface area contributed by atoms with Crippen LogP contribution in [0.1, 0.15) is 18.5 Å². The summed E-state index contributed by atoms with van der Waals surface area (Å²) < 4.78 is 30.1. The highest BCUT2D eigenvalue weighted by atomic mass is 32.2. The number of aromatic amines is 1. The molecule has 154 valence electrons. The molecule has 0 bridgehead atoms. The first-order valence-electron chi connectivity index (χ1n) is 8.42. The molecule has 1 aliphatic heterocycles. The van der Waals surface area contributed by atoms with E-state index in [9.17, 15) is 13.2 Å². The molecule has 11 nitrogen and oxygen atoms in total. The third-order valence-electron chi connectivity index (χ3n) is 4.64. The molecule has 0 spiro atoms. The molecule has 1 aliphatic rings. The molecule has 0 atom stereocenters. The van der Waals surface area contributed by atoms with Crippen LogP contribution in [0, 0.1) is 0 Å². The number of carbonyl (C=O) groups is 2. The highest BCUT2D eigenvalue weighted by Gasteiger charge is 2.43. The van der Waals surface area contributed by atoms with Gasteiger partial charge in [0.15, 0.2) is 5.65 Å². The van der Waals surface area contributed by atoms with Crippen molar-refractivity contribution in [1.82, 2.24) is 24.8 Å². The fourth-order valence-electron chi connectivity index (χ4n) is 3.07. The molecular weight excluding hydrogens is 390 g/mol. The topological polar surface area (TPSA) is 155 Å². The monoisotopic (exact) mass is 413 g/mol. The molecule has 2 aromatic heterocycles. The maximum absolute atomic E-state index is 12.7. The van der Waals surface area contributed by atoms with Gasteiger partial charge in [0.2, 0.25) is 10.0 Å². The molecule has 0 saturated carbocycles. The van der Waals surface area contributed by atoms with Crippen LogP contribution in [0.5, 0.6) is 0 Å². The van der Waals surface area contributed by atoms with Crippen molar-refractivity contribution in [3.63, 3.8) is 0 Å². The van der Waals surface area contributed by atoms with E-state index in [1.807, 2.05) is 6.07 Å². The Bertz CT molecular complexity index is 921. The lowest BCUT2D eigenvalue weighted by Gasteiger charge is -2.38. The first kappa shape index (κ1) is 21.7. The van der Waals surface area contributed by atoms with E-state index in [1.54, 1.807) is 12.3 Å². The number of H-pyrrole nitrogens is 1. The molecule has 2 aromatic rings. The van der Waals surface area contributed by atoms with Gasteiger partial charge in [0.1, 0.15) is 5.60 Å². The Balaban J connectivity index is 0.000000878. The zero-order valence-corrected chi connectivity index (χ0v) is 16.4. The summed E-state index contributed by atoms with van der Waals surface area (Å²) in [6.45, 7) is 0.538. The highest BCUT2D eigenvalue weighted by molar-refractivity contribution is 7.88. The number of sulfonamides is 1. The highest BCUT2D eigenvalue weighted by Crippen LogP contribution is 2.27. The second kappa shape index (κ2) is 9.08. The molecule has 0 unspecified atom stereocenters. The number of methoxy groups -OCH3 is 1. The second-order valence-corrected chi connectivity index (χ2v) is 8.21. The maximum atomic E-state index is 12.7. The van der Waals surface area contributed by atoms with E-state index >= 15 is 0 Å². The van der Waals surface area contributed by atoms with Crippen LogP contribution in [0.2, 0.25) is 0 Å². The van der Waals surface area contributed by atoms with Crippen LogP contribution in [0.4, 0.5) is 0 Å². The fourth-order valence-corrected chi connectivity index (χ4v) is 3.92. The third kappa shape index (κ3) is 4.82. The van der Waals surface area contributed by atoms with E-state index in [0.29, 0.717) is 18.5 Å². The van der Waals surface area contributed by atoms with Crippen molar-refractivity contribution in [1.29, 1.82) is 0 Å². The van der Waals surface area contributed by atoms with Crippen molar-refractivity contribution < 1.29 is 27.9 Å². The van der Waals surface area contributed by atoms with E-state index in [2.05, 4.69) is 20.5 Å². The molecule has 3 N–H and O–H groups in total. The number of ether oxygens (including phenoxy) is 1. The van der Waals surface area contributed by atoms with Gasteiger partial charge in [0.25, 0.3) is 12.4 Å². The summed E-state index contributed by atoms with van der Waals surface area (Å²) in [5, 5.41) is 17.6. The van der Waals surface area contributed by atoms with E-state index in [0.717, 1.165) is 11.1 Å². The lowest BCUT2D eigenvalue weighted by molar-refractivity contribution is -0.148. The Morgan fingerprint density at radius 1 is 1.46 bits per heavy atom. The predicted octanol–water partition coefficient (Wildman–Crippen LogP) is -0.284. The average Bonchev–Trinajstić information content (AvgIpc) is 3.09. The predicted molar refractivity (Wildman–Crippen MR) is 99.8 cm³/mol. The van der Waals surface area contributed by atoms with E-state index in [-0.39, 0.29) is 32.0 Å². The number of hydrogen-bond acceptors (Lipinski definition) is 7.